The number of benzene rings is 2. The zero-order chi connectivity index (χ0) is 20.0. The third kappa shape index (κ3) is 5.84. The monoisotopic (exact) mass is 397 g/mol. The number of carbonyl (C=O) groups excluding carboxylic acids is 1. The van der Waals surface area contributed by atoms with Crippen LogP contribution in [-0.2, 0) is 14.2 Å². The van der Waals surface area contributed by atoms with E-state index in [2.05, 4.69) is 34.3 Å². The van der Waals surface area contributed by atoms with Crippen LogP contribution >= 0.6 is 0 Å². The minimum absolute atomic E-state index is 0.137. The molecule has 8 heteroatoms. The highest BCUT2D eigenvalue weighted by Gasteiger charge is 2.29. The van der Waals surface area contributed by atoms with E-state index in [9.17, 15) is 18.0 Å². The fourth-order valence-electron chi connectivity index (χ4n) is 3.15. The van der Waals surface area contributed by atoms with Gasteiger partial charge in [-0.05, 0) is 22.8 Å². The third-order valence-electron chi connectivity index (χ3n) is 4.48. The second-order valence-electron chi connectivity index (χ2n) is 6.62. The van der Waals surface area contributed by atoms with Gasteiger partial charge in [-0.2, -0.15) is 13.2 Å². The second kappa shape index (κ2) is 9.25. The molecule has 0 spiro atoms. The van der Waals surface area contributed by atoms with Crippen LogP contribution in [0.2, 0.25) is 0 Å². The zero-order valence-electron chi connectivity index (χ0n) is 15.2. The van der Waals surface area contributed by atoms with Crippen molar-refractivity contribution < 1.29 is 32.2 Å². The summed E-state index contributed by atoms with van der Waals surface area (Å²) in [5, 5.41) is 4.63. The van der Waals surface area contributed by atoms with Gasteiger partial charge in [0, 0.05) is 18.9 Å². The average Bonchev–Trinajstić information content (AvgIpc) is 2.69. The number of fused-ring (bicyclic) bond motifs is 1. The van der Waals surface area contributed by atoms with Crippen LogP contribution < -0.4 is 5.32 Å². The molecule has 1 aliphatic heterocycles. The molecule has 0 aliphatic carbocycles. The van der Waals surface area contributed by atoms with Crippen LogP contribution in [0.5, 0.6) is 0 Å². The molecule has 1 fully saturated rings. The Bertz CT molecular complexity index is 783. The molecule has 1 N–H and O–H groups in total. The van der Waals surface area contributed by atoms with Crippen LogP contribution in [0, 0.1) is 0 Å². The first-order valence-corrected chi connectivity index (χ1v) is 9.10. The summed E-state index contributed by atoms with van der Waals surface area (Å²) >= 11 is 0. The minimum Gasteiger partial charge on any atom is -0.440 e. The molecule has 0 radical (unpaired) electrons. The van der Waals surface area contributed by atoms with Crippen molar-refractivity contribution in [2.24, 2.45) is 0 Å². The Hall–Kier alpha value is -2.32. The van der Waals surface area contributed by atoms with Crippen LogP contribution in [-0.4, -0.2) is 44.9 Å². The lowest BCUT2D eigenvalue weighted by Crippen LogP contribution is -2.33. The summed E-state index contributed by atoms with van der Waals surface area (Å²) in [7, 11) is 0. The number of carbonyl (C=O) groups is 1. The van der Waals surface area contributed by atoms with E-state index in [-0.39, 0.29) is 18.8 Å². The Balaban J connectivity index is 1.38. The van der Waals surface area contributed by atoms with Gasteiger partial charge in [-0.25, -0.2) is 4.79 Å². The number of rotatable bonds is 6. The highest BCUT2D eigenvalue weighted by molar-refractivity contribution is 5.86. The number of alkyl carbamates (subject to hydrolysis) is 1. The van der Waals surface area contributed by atoms with E-state index in [1.165, 1.54) is 16.3 Å². The van der Waals surface area contributed by atoms with Crippen molar-refractivity contribution >= 4 is 16.9 Å². The number of alkyl halides is 3. The van der Waals surface area contributed by atoms with Gasteiger partial charge in [0.2, 0.25) is 0 Å². The Morgan fingerprint density at radius 3 is 2.57 bits per heavy atom. The van der Waals surface area contributed by atoms with Crippen molar-refractivity contribution in [1.82, 2.24) is 5.32 Å². The Labute approximate surface area is 160 Å². The number of halogens is 3. The summed E-state index contributed by atoms with van der Waals surface area (Å²) in [5.74, 6) is 0.137. The Morgan fingerprint density at radius 2 is 1.82 bits per heavy atom. The van der Waals surface area contributed by atoms with E-state index < -0.39 is 18.9 Å². The maximum absolute atomic E-state index is 11.9. The van der Waals surface area contributed by atoms with Crippen LogP contribution in [0.4, 0.5) is 18.0 Å². The minimum atomic E-state index is -4.53. The molecule has 0 bridgehead atoms. The molecule has 0 aromatic heterocycles. The molecule has 152 valence electrons. The molecule has 0 unspecified atom stereocenters. The number of hydrogen-bond acceptors (Lipinski definition) is 4. The maximum atomic E-state index is 11.9. The quantitative estimate of drug-likeness (QED) is 0.736. The summed E-state index contributed by atoms with van der Waals surface area (Å²) < 4.78 is 51.5. The first-order chi connectivity index (χ1) is 13.4. The topological polar surface area (TPSA) is 56.8 Å². The largest absolute Gasteiger partial charge is 0.440 e. The Morgan fingerprint density at radius 1 is 1.11 bits per heavy atom. The highest BCUT2D eigenvalue weighted by Crippen LogP contribution is 2.29. The van der Waals surface area contributed by atoms with Crippen molar-refractivity contribution in [3.8, 4) is 0 Å². The van der Waals surface area contributed by atoms with Crippen molar-refractivity contribution in [2.45, 2.75) is 31.2 Å². The van der Waals surface area contributed by atoms with Crippen LogP contribution in [0.25, 0.3) is 10.8 Å². The van der Waals surface area contributed by atoms with Crippen molar-refractivity contribution in [1.29, 1.82) is 0 Å². The van der Waals surface area contributed by atoms with E-state index in [0.29, 0.717) is 26.1 Å². The molecule has 1 aliphatic rings. The van der Waals surface area contributed by atoms with E-state index in [1.54, 1.807) is 0 Å². The van der Waals surface area contributed by atoms with E-state index in [1.807, 2.05) is 18.2 Å². The molecular weight excluding hydrogens is 375 g/mol. The zero-order valence-corrected chi connectivity index (χ0v) is 15.2. The van der Waals surface area contributed by atoms with Gasteiger partial charge in [-0.15, -0.1) is 0 Å². The van der Waals surface area contributed by atoms with Gasteiger partial charge in [-0.1, -0.05) is 42.5 Å². The van der Waals surface area contributed by atoms with Crippen LogP contribution in [0.3, 0.4) is 0 Å². The summed E-state index contributed by atoms with van der Waals surface area (Å²) in [6.45, 7) is -0.352. The summed E-state index contributed by atoms with van der Waals surface area (Å²) in [4.78, 5) is 11.2. The molecule has 3 rings (SSSR count). The molecule has 0 atom stereocenters. The average molecular weight is 397 g/mol. The summed E-state index contributed by atoms with van der Waals surface area (Å²) in [6.07, 6.45) is -4.97. The normalized spacial score (nSPS) is 20.1. The summed E-state index contributed by atoms with van der Waals surface area (Å²) in [6, 6.07) is 14.3. The number of amides is 1. The van der Waals surface area contributed by atoms with Gasteiger partial charge in [-0.3, -0.25) is 0 Å². The van der Waals surface area contributed by atoms with E-state index in [4.69, 9.17) is 9.47 Å². The molecule has 0 saturated carbocycles. The maximum Gasteiger partial charge on any atom is 0.422 e. The lowest BCUT2D eigenvalue weighted by Gasteiger charge is -2.30. The standard InChI is InChI=1S/C20H22F3NO4/c21-20(22,23)13-28-19(25)24-10-4-9-18-26-11-15(12-27-18)17-8-3-6-14-5-1-2-7-16(14)17/h1-3,5-8,15,18H,4,9-13H2,(H,24,25). The van der Waals surface area contributed by atoms with Crippen molar-refractivity contribution in [2.75, 3.05) is 26.4 Å². The van der Waals surface area contributed by atoms with Gasteiger partial charge < -0.3 is 19.5 Å². The SMILES string of the molecule is O=C(NCCCC1OCC(c2cccc3ccccc23)CO1)OCC(F)(F)F. The van der Waals surface area contributed by atoms with E-state index >= 15 is 0 Å². The van der Waals surface area contributed by atoms with Crippen molar-refractivity contribution in [3.63, 3.8) is 0 Å². The van der Waals surface area contributed by atoms with E-state index in [0.717, 1.165) is 0 Å². The van der Waals surface area contributed by atoms with Crippen molar-refractivity contribution in [3.05, 3.63) is 48.0 Å². The predicted octanol–water partition coefficient (Wildman–Crippen LogP) is 4.37. The van der Waals surface area contributed by atoms with Gasteiger partial charge >= 0.3 is 12.3 Å². The molecule has 1 heterocycles. The number of nitrogens with one attached hydrogen (secondary N) is 1. The summed E-state index contributed by atoms with van der Waals surface area (Å²) in [5.41, 5.74) is 1.19. The molecule has 1 saturated heterocycles. The van der Waals surface area contributed by atoms with Crippen LogP contribution in [0.1, 0.15) is 24.3 Å². The van der Waals surface area contributed by atoms with Crippen LogP contribution in [0.15, 0.2) is 42.5 Å². The predicted molar refractivity (Wildman–Crippen MR) is 97.0 cm³/mol. The highest BCUT2D eigenvalue weighted by atomic mass is 19.4. The number of ether oxygens (including phenoxy) is 3. The van der Waals surface area contributed by atoms with Gasteiger partial charge in [0.15, 0.2) is 12.9 Å². The molecule has 28 heavy (non-hydrogen) atoms. The lowest BCUT2D eigenvalue weighted by molar-refractivity contribution is -0.189. The first kappa shape index (κ1) is 20.4. The molecular formula is C20H22F3NO4. The molecule has 1 amide bonds. The molecule has 2 aromatic carbocycles. The van der Waals surface area contributed by atoms with Gasteiger partial charge in [0.25, 0.3) is 0 Å². The fourth-order valence-corrected chi connectivity index (χ4v) is 3.15. The lowest BCUT2D eigenvalue weighted by atomic mass is 9.94. The molecule has 5 nitrogen and oxygen atoms in total. The second-order valence-corrected chi connectivity index (χ2v) is 6.62. The molecule has 2 aromatic rings. The smallest absolute Gasteiger partial charge is 0.422 e. The van der Waals surface area contributed by atoms with Gasteiger partial charge in [0.1, 0.15) is 0 Å². The first-order valence-electron chi connectivity index (χ1n) is 9.10. The Kier molecular flexibility index (Phi) is 6.74. The third-order valence-corrected chi connectivity index (χ3v) is 4.48. The number of hydrogen-bond donors (Lipinski definition) is 1. The fraction of sp³-hybridized carbons (Fsp3) is 0.450. The van der Waals surface area contributed by atoms with Gasteiger partial charge in [0.05, 0.1) is 13.2 Å².